The van der Waals surface area contributed by atoms with Crippen molar-refractivity contribution < 1.29 is 0 Å². The van der Waals surface area contributed by atoms with Crippen LogP contribution in [0.3, 0.4) is 0 Å². The monoisotopic (exact) mass is 384 g/mol. The van der Waals surface area contributed by atoms with Crippen molar-refractivity contribution in [1.82, 2.24) is 19.7 Å². The summed E-state index contributed by atoms with van der Waals surface area (Å²) in [6.07, 6.45) is 3.54. The van der Waals surface area contributed by atoms with Gasteiger partial charge in [-0.05, 0) is 43.7 Å². The van der Waals surface area contributed by atoms with Gasteiger partial charge in [-0.25, -0.2) is 14.6 Å². The van der Waals surface area contributed by atoms with E-state index >= 15 is 0 Å². The zero-order valence-corrected chi connectivity index (χ0v) is 16.8. The van der Waals surface area contributed by atoms with Crippen molar-refractivity contribution in [3.8, 4) is 5.69 Å². The van der Waals surface area contributed by atoms with Crippen molar-refractivity contribution in [2.45, 2.75) is 13.8 Å². The Bertz CT molecular complexity index is 1140. The third-order valence-electron chi connectivity index (χ3n) is 5.57. The number of hydrogen-bond acceptors (Lipinski definition) is 5. The van der Waals surface area contributed by atoms with Gasteiger partial charge in [0.15, 0.2) is 5.65 Å². The number of anilines is 2. The SMILES string of the molecule is Cc1ccc(N2CCN(c3ncnc4c3cnn4-c3cccc(C)c3)CC2)cc1. The van der Waals surface area contributed by atoms with Crippen molar-refractivity contribution in [1.29, 1.82) is 0 Å². The molecule has 1 aliphatic heterocycles. The van der Waals surface area contributed by atoms with E-state index in [1.54, 1.807) is 6.33 Å². The molecular weight excluding hydrogens is 360 g/mol. The molecule has 0 N–H and O–H groups in total. The van der Waals surface area contributed by atoms with Gasteiger partial charge in [-0.2, -0.15) is 5.10 Å². The van der Waals surface area contributed by atoms with Crippen LogP contribution in [-0.4, -0.2) is 45.9 Å². The number of hydrogen-bond donors (Lipinski definition) is 0. The minimum absolute atomic E-state index is 0.849. The first-order valence-corrected chi connectivity index (χ1v) is 10.0. The molecule has 146 valence electrons. The quantitative estimate of drug-likeness (QED) is 0.538. The van der Waals surface area contributed by atoms with Crippen LogP contribution in [0.25, 0.3) is 16.7 Å². The van der Waals surface area contributed by atoms with Crippen molar-refractivity contribution in [2.75, 3.05) is 36.0 Å². The van der Waals surface area contributed by atoms with E-state index in [-0.39, 0.29) is 0 Å². The lowest BCUT2D eigenvalue weighted by Crippen LogP contribution is -2.46. The van der Waals surface area contributed by atoms with E-state index in [0.717, 1.165) is 48.7 Å². The summed E-state index contributed by atoms with van der Waals surface area (Å²) in [4.78, 5) is 13.9. The molecule has 5 rings (SSSR count). The highest BCUT2D eigenvalue weighted by atomic mass is 15.3. The second-order valence-electron chi connectivity index (χ2n) is 7.64. The number of aromatic nitrogens is 4. The molecule has 0 bridgehead atoms. The Kier molecular flexibility index (Phi) is 4.39. The summed E-state index contributed by atoms with van der Waals surface area (Å²) in [6, 6.07) is 17.1. The molecule has 0 radical (unpaired) electrons. The Labute approximate surface area is 170 Å². The number of benzene rings is 2. The largest absolute Gasteiger partial charge is 0.368 e. The molecule has 3 heterocycles. The second-order valence-corrected chi connectivity index (χ2v) is 7.64. The molecule has 0 spiro atoms. The van der Waals surface area contributed by atoms with Gasteiger partial charge in [0.25, 0.3) is 0 Å². The van der Waals surface area contributed by atoms with Gasteiger partial charge in [0.2, 0.25) is 0 Å². The molecule has 1 saturated heterocycles. The molecule has 1 aliphatic rings. The third kappa shape index (κ3) is 3.31. The summed E-state index contributed by atoms with van der Waals surface area (Å²) < 4.78 is 1.90. The van der Waals surface area contributed by atoms with Gasteiger partial charge in [-0.3, -0.25) is 0 Å². The highest BCUT2D eigenvalue weighted by Crippen LogP contribution is 2.26. The van der Waals surface area contributed by atoms with Crippen LogP contribution in [0.5, 0.6) is 0 Å². The molecule has 0 unspecified atom stereocenters. The minimum atomic E-state index is 0.849. The molecule has 0 atom stereocenters. The van der Waals surface area contributed by atoms with Gasteiger partial charge in [0.1, 0.15) is 12.1 Å². The first-order valence-electron chi connectivity index (χ1n) is 10.0. The third-order valence-corrected chi connectivity index (χ3v) is 5.57. The Morgan fingerprint density at radius 1 is 0.759 bits per heavy atom. The number of fused-ring (bicyclic) bond motifs is 1. The van der Waals surface area contributed by atoms with Crippen LogP contribution in [-0.2, 0) is 0 Å². The maximum atomic E-state index is 4.61. The fraction of sp³-hybridized carbons (Fsp3) is 0.261. The van der Waals surface area contributed by atoms with Gasteiger partial charge in [0.05, 0.1) is 17.3 Å². The van der Waals surface area contributed by atoms with Crippen LogP contribution < -0.4 is 9.80 Å². The molecule has 6 nitrogen and oxygen atoms in total. The number of nitrogens with zero attached hydrogens (tertiary/aromatic N) is 6. The van der Waals surface area contributed by atoms with E-state index in [4.69, 9.17) is 0 Å². The number of rotatable bonds is 3. The van der Waals surface area contributed by atoms with E-state index in [1.165, 1.54) is 16.8 Å². The Morgan fingerprint density at radius 3 is 2.28 bits per heavy atom. The molecule has 0 saturated carbocycles. The summed E-state index contributed by atoms with van der Waals surface area (Å²) in [7, 11) is 0. The van der Waals surface area contributed by atoms with Crippen LogP contribution in [0.1, 0.15) is 11.1 Å². The summed E-state index contributed by atoms with van der Waals surface area (Å²) >= 11 is 0. The fourth-order valence-electron chi connectivity index (χ4n) is 3.96. The van der Waals surface area contributed by atoms with Crippen LogP contribution in [0.2, 0.25) is 0 Å². The van der Waals surface area contributed by atoms with E-state index in [1.807, 2.05) is 16.9 Å². The van der Waals surface area contributed by atoms with Crippen LogP contribution in [0, 0.1) is 13.8 Å². The Morgan fingerprint density at radius 2 is 1.52 bits per heavy atom. The zero-order chi connectivity index (χ0) is 19.8. The lowest BCUT2D eigenvalue weighted by molar-refractivity contribution is 0.649. The van der Waals surface area contributed by atoms with Crippen molar-refractivity contribution in [3.05, 3.63) is 72.2 Å². The topological polar surface area (TPSA) is 50.1 Å². The lowest BCUT2D eigenvalue weighted by Gasteiger charge is -2.36. The van der Waals surface area contributed by atoms with Gasteiger partial charge in [0, 0.05) is 31.9 Å². The molecule has 2 aromatic carbocycles. The van der Waals surface area contributed by atoms with Gasteiger partial charge >= 0.3 is 0 Å². The van der Waals surface area contributed by atoms with E-state index in [2.05, 4.69) is 81.2 Å². The maximum absolute atomic E-state index is 4.61. The molecule has 29 heavy (non-hydrogen) atoms. The number of piperazine rings is 1. The first kappa shape index (κ1) is 17.7. The zero-order valence-electron chi connectivity index (χ0n) is 16.8. The predicted molar refractivity (Wildman–Crippen MR) is 117 cm³/mol. The van der Waals surface area contributed by atoms with Gasteiger partial charge < -0.3 is 9.80 Å². The predicted octanol–water partition coefficient (Wildman–Crippen LogP) is 3.76. The molecule has 4 aromatic rings. The standard InChI is InChI=1S/C23H24N6/c1-17-6-8-19(9-7-17)27-10-12-28(13-11-27)22-21-15-26-29(23(21)25-16-24-22)20-5-3-4-18(2)14-20/h3-9,14-16H,10-13H2,1-2H3. The first-order chi connectivity index (χ1) is 14.2. The van der Waals surface area contributed by atoms with Crippen LogP contribution in [0.15, 0.2) is 61.1 Å². The lowest BCUT2D eigenvalue weighted by atomic mass is 10.2. The van der Waals surface area contributed by atoms with Crippen LogP contribution in [0.4, 0.5) is 11.5 Å². The van der Waals surface area contributed by atoms with E-state index < -0.39 is 0 Å². The molecule has 6 heteroatoms. The van der Waals surface area contributed by atoms with Crippen molar-refractivity contribution in [3.63, 3.8) is 0 Å². The van der Waals surface area contributed by atoms with E-state index in [0.29, 0.717) is 0 Å². The Balaban J connectivity index is 1.41. The summed E-state index contributed by atoms with van der Waals surface area (Å²) in [5, 5.41) is 5.61. The van der Waals surface area contributed by atoms with Crippen molar-refractivity contribution in [2.24, 2.45) is 0 Å². The molecule has 1 fully saturated rings. The average molecular weight is 384 g/mol. The number of aryl methyl sites for hydroxylation is 2. The highest BCUT2D eigenvalue weighted by molar-refractivity contribution is 5.87. The van der Waals surface area contributed by atoms with Gasteiger partial charge in [-0.1, -0.05) is 29.8 Å². The van der Waals surface area contributed by atoms with E-state index in [9.17, 15) is 0 Å². The molecule has 0 aliphatic carbocycles. The molecule has 2 aromatic heterocycles. The minimum Gasteiger partial charge on any atom is -0.368 e. The fourth-order valence-corrected chi connectivity index (χ4v) is 3.96. The maximum Gasteiger partial charge on any atom is 0.168 e. The van der Waals surface area contributed by atoms with Crippen LogP contribution >= 0.6 is 0 Å². The Hall–Kier alpha value is -3.41. The van der Waals surface area contributed by atoms with Crippen molar-refractivity contribution >= 4 is 22.5 Å². The summed E-state index contributed by atoms with van der Waals surface area (Å²) in [6.45, 7) is 8.01. The summed E-state index contributed by atoms with van der Waals surface area (Å²) in [5.41, 5.74) is 5.65. The highest BCUT2D eigenvalue weighted by Gasteiger charge is 2.21. The molecular formula is C23H24N6. The normalized spacial score (nSPS) is 14.6. The average Bonchev–Trinajstić information content (AvgIpc) is 3.19. The van der Waals surface area contributed by atoms with Gasteiger partial charge in [-0.15, -0.1) is 0 Å². The smallest absolute Gasteiger partial charge is 0.168 e. The second kappa shape index (κ2) is 7.20. The molecule has 0 amide bonds. The summed E-state index contributed by atoms with van der Waals surface area (Å²) in [5.74, 6) is 0.970.